The Kier molecular flexibility index (Phi) is 4.01. The van der Waals surface area contributed by atoms with Crippen LogP contribution in [0.15, 0.2) is 12.1 Å². The molecule has 0 aliphatic carbocycles. The third-order valence-corrected chi connectivity index (χ3v) is 3.83. The van der Waals surface area contributed by atoms with Gasteiger partial charge in [-0.3, -0.25) is 19.3 Å². The Morgan fingerprint density at radius 2 is 1.85 bits per heavy atom. The van der Waals surface area contributed by atoms with Gasteiger partial charge in [0.25, 0.3) is 11.7 Å². The molecule has 5 nitrogen and oxygen atoms in total. The third-order valence-electron chi connectivity index (χ3n) is 3.21. The smallest absolute Gasteiger partial charge is 0.300 e. The van der Waals surface area contributed by atoms with Gasteiger partial charge < -0.3 is 4.90 Å². The molecule has 106 valence electrons. The van der Waals surface area contributed by atoms with Gasteiger partial charge in [-0.15, -0.1) is 0 Å². The Morgan fingerprint density at radius 3 is 2.45 bits per heavy atom. The number of Topliss-reactive ketones (excluding diaryl/α,β-unsaturated/α-hetero) is 1. The molecule has 1 heterocycles. The van der Waals surface area contributed by atoms with Crippen LogP contribution in [0, 0.1) is 0 Å². The molecule has 0 spiro atoms. The van der Waals surface area contributed by atoms with Gasteiger partial charge in [0.1, 0.15) is 6.54 Å². The minimum atomic E-state index is -0.784. The summed E-state index contributed by atoms with van der Waals surface area (Å²) in [5.74, 6) is -1.80. The van der Waals surface area contributed by atoms with Crippen molar-refractivity contribution in [3.05, 3.63) is 27.7 Å². The quantitative estimate of drug-likeness (QED) is 0.802. The molecule has 0 radical (unpaired) electrons. The summed E-state index contributed by atoms with van der Waals surface area (Å²) >= 11 is 12.0. The minimum absolute atomic E-state index is 0.0659. The lowest BCUT2D eigenvalue weighted by Gasteiger charge is -2.21. The molecule has 7 heteroatoms. The molecule has 2 rings (SSSR count). The zero-order valence-corrected chi connectivity index (χ0v) is 12.5. The maximum Gasteiger partial charge on any atom is 0.300 e. The number of amides is 2. The summed E-state index contributed by atoms with van der Waals surface area (Å²) in [6.07, 6.45) is 0. The van der Waals surface area contributed by atoms with Crippen molar-refractivity contribution in [3.63, 3.8) is 0 Å². The first-order valence-electron chi connectivity index (χ1n) is 5.96. The predicted octanol–water partition coefficient (Wildman–Crippen LogP) is 2.00. The van der Waals surface area contributed by atoms with Crippen molar-refractivity contribution in [1.82, 2.24) is 4.90 Å². The number of halogens is 2. The highest BCUT2D eigenvalue weighted by atomic mass is 35.5. The second-order valence-corrected chi connectivity index (χ2v) is 5.20. The van der Waals surface area contributed by atoms with E-state index in [0.717, 1.165) is 4.90 Å². The maximum absolute atomic E-state index is 12.0. The molecule has 1 aliphatic rings. The average Bonchev–Trinajstić information content (AvgIpc) is 2.68. The normalized spacial score (nSPS) is 13.7. The molecular weight excluding hydrogens is 303 g/mol. The molecule has 1 aromatic rings. The van der Waals surface area contributed by atoms with Gasteiger partial charge in [0.2, 0.25) is 5.91 Å². The zero-order chi connectivity index (χ0) is 15.0. The van der Waals surface area contributed by atoms with Crippen molar-refractivity contribution in [2.75, 3.05) is 25.0 Å². The van der Waals surface area contributed by atoms with E-state index in [0.29, 0.717) is 6.54 Å². The highest BCUT2D eigenvalue weighted by molar-refractivity contribution is 6.57. The van der Waals surface area contributed by atoms with Crippen LogP contribution in [0.5, 0.6) is 0 Å². The predicted molar refractivity (Wildman–Crippen MR) is 76.5 cm³/mol. The van der Waals surface area contributed by atoms with E-state index < -0.39 is 11.7 Å². The first-order valence-corrected chi connectivity index (χ1v) is 6.72. The van der Waals surface area contributed by atoms with Crippen LogP contribution in [0.2, 0.25) is 10.0 Å². The van der Waals surface area contributed by atoms with Crippen LogP contribution in [-0.4, -0.2) is 42.6 Å². The van der Waals surface area contributed by atoms with Gasteiger partial charge >= 0.3 is 0 Å². The SMILES string of the molecule is CCN(C)C(=O)CN1C(=O)C(=O)c2c(Cl)ccc(Cl)c21. The number of carbonyl (C=O) groups is 3. The van der Waals surface area contributed by atoms with E-state index in [1.807, 2.05) is 6.92 Å². The van der Waals surface area contributed by atoms with Crippen molar-refractivity contribution in [2.45, 2.75) is 6.92 Å². The van der Waals surface area contributed by atoms with E-state index in [2.05, 4.69) is 0 Å². The zero-order valence-electron chi connectivity index (χ0n) is 10.9. The van der Waals surface area contributed by atoms with Gasteiger partial charge in [-0.2, -0.15) is 0 Å². The number of rotatable bonds is 3. The molecule has 1 aliphatic heterocycles. The molecular formula is C13H12Cl2N2O3. The number of ketones is 1. The summed E-state index contributed by atoms with van der Waals surface area (Å²) in [6.45, 7) is 2.08. The van der Waals surface area contributed by atoms with E-state index in [9.17, 15) is 14.4 Å². The van der Waals surface area contributed by atoms with Crippen LogP contribution >= 0.6 is 23.2 Å². The molecule has 0 bridgehead atoms. The number of hydrogen-bond donors (Lipinski definition) is 0. The van der Waals surface area contributed by atoms with Gasteiger partial charge in [-0.25, -0.2) is 0 Å². The lowest BCUT2D eigenvalue weighted by Crippen LogP contribution is -2.41. The monoisotopic (exact) mass is 314 g/mol. The molecule has 0 saturated heterocycles. The van der Waals surface area contributed by atoms with E-state index in [-0.39, 0.29) is 33.7 Å². The average molecular weight is 315 g/mol. The van der Waals surface area contributed by atoms with Crippen LogP contribution in [0.1, 0.15) is 17.3 Å². The molecule has 0 unspecified atom stereocenters. The third kappa shape index (κ3) is 2.27. The fraction of sp³-hybridized carbons (Fsp3) is 0.308. The van der Waals surface area contributed by atoms with Crippen molar-refractivity contribution >= 4 is 46.5 Å². The molecule has 0 fully saturated rings. The number of benzene rings is 1. The minimum Gasteiger partial charge on any atom is -0.344 e. The number of likely N-dealkylation sites (N-methyl/N-ethyl adjacent to an activating group) is 1. The first kappa shape index (κ1) is 14.8. The van der Waals surface area contributed by atoms with Crippen molar-refractivity contribution in [1.29, 1.82) is 0 Å². The van der Waals surface area contributed by atoms with Crippen LogP contribution in [0.3, 0.4) is 0 Å². The number of fused-ring (bicyclic) bond motifs is 1. The van der Waals surface area contributed by atoms with Gasteiger partial charge in [-0.1, -0.05) is 23.2 Å². The Labute approximate surface area is 126 Å². The number of hydrogen-bond acceptors (Lipinski definition) is 3. The van der Waals surface area contributed by atoms with Gasteiger partial charge in [0.15, 0.2) is 0 Å². The lowest BCUT2D eigenvalue weighted by molar-refractivity contribution is -0.129. The summed E-state index contributed by atoms with van der Waals surface area (Å²) in [4.78, 5) is 38.4. The fourth-order valence-corrected chi connectivity index (χ4v) is 2.43. The Morgan fingerprint density at radius 1 is 1.25 bits per heavy atom. The Bertz CT molecular complexity index is 616. The molecule has 20 heavy (non-hydrogen) atoms. The topological polar surface area (TPSA) is 57.7 Å². The number of anilines is 1. The van der Waals surface area contributed by atoms with E-state index in [4.69, 9.17) is 23.2 Å². The second-order valence-electron chi connectivity index (χ2n) is 4.38. The second kappa shape index (κ2) is 5.42. The summed E-state index contributed by atoms with van der Waals surface area (Å²) < 4.78 is 0. The summed E-state index contributed by atoms with van der Waals surface area (Å²) in [6, 6.07) is 2.95. The Balaban J connectivity index is 2.44. The van der Waals surface area contributed by atoms with Gasteiger partial charge in [0, 0.05) is 13.6 Å². The summed E-state index contributed by atoms with van der Waals surface area (Å²) in [7, 11) is 1.62. The highest BCUT2D eigenvalue weighted by Gasteiger charge is 2.40. The summed E-state index contributed by atoms with van der Waals surface area (Å²) in [5.41, 5.74) is 0.281. The van der Waals surface area contributed by atoms with Crippen LogP contribution in [0.25, 0.3) is 0 Å². The van der Waals surface area contributed by atoms with Crippen molar-refractivity contribution < 1.29 is 14.4 Å². The van der Waals surface area contributed by atoms with Gasteiger partial charge in [0.05, 0.1) is 21.3 Å². The molecule has 2 amide bonds. The molecule has 1 aromatic carbocycles. The Hall–Kier alpha value is -1.59. The van der Waals surface area contributed by atoms with E-state index in [1.54, 1.807) is 7.05 Å². The van der Waals surface area contributed by atoms with E-state index >= 15 is 0 Å². The lowest BCUT2D eigenvalue weighted by atomic mass is 10.1. The molecule has 0 N–H and O–H groups in total. The molecule has 0 atom stereocenters. The van der Waals surface area contributed by atoms with Crippen LogP contribution in [-0.2, 0) is 9.59 Å². The van der Waals surface area contributed by atoms with Crippen molar-refractivity contribution in [3.8, 4) is 0 Å². The van der Waals surface area contributed by atoms with Crippen molar-refractivity contribution in [2.24, 2.45) is 0 Å². The standard InChI is InChI=1S/C13H12Cl2N2O3/c1-3-16(2)9(18)6-17-11-8(15)5-4-7(14)10(11)12(19)13(17)20/h4-5H,3,6H2,1-2H3. The summed E-state index contributed by atoms with van der Waals surface area (Å²) in [5, 5.41) is 0.372. The largest absolute Gasteiger partial charge is 0.344 e. The van der Waals surface area contributed by atoms with Crippen LogP contribution in [0.4, 0.5) is 5.69 Å². The molecule has 0 saturated carbocycles. The fourth-order valence-electron chi connectivity index (χ4n) is 1.94. The maximum atomic E-state index is 12.0. The van der Waals surface area contributed by atoms with Crippen LogP contribution < -0.4 is 4.90 Å². The first-order chi connectivity index (χ1) is 9.38. The number of nitrogens with zero attached hydrogens (tertiary/aromatic N) is 2. The van der Waals surface area contributed by atoms with E-state index in [1.165, 1.54) is 17.0 Å². The molecule has 0 aromatic heterocycles. The highest BCUT2D eigenvalue weighted by Crippen LogP contribution is 2.39. The van der Waals surface area contributed by atoms with Gasteiger partial charge in [-0.05, 0) is 19.1 Å². The number of carbonyl (C=O) groups excluding carboxylic acids is 3.